The van der Waals surface area contributed by atoms with Crippen molar-refractivity contribution in [1.29, 1.82) is 0 Å². The number of likely N-dealkylation sites (tertiary alicyclic amines) is 1. The average Bonchev–Trinajstić information content (AvgIpc) is 3.62. The Hall–Kier alpha value is -3.18. The normalized spacial score (nSPS) is 26.8. The van der Waals surface area contributed by atoms with Crippen LogP contribution in [0.15, 0.2) is 30.3 Å². The van der Waals surface area contributed by atoms with Crippen LogP contribution in [0, 0.1) is 17.8 Å². The number of ether oxygens (including phenoxy) is 4. The van der Waals surface area contributed by atoms with Crippen molar-refractivity contribution in [1.82, 2.24) is 15.5 Å². The number of carboxylic acids is 1. The van der Waals surface area contributed by atoms with Gasteiger partial charge in [0.1, 0.15) is 24.4 Å². The second-order valence-electron chi connectivity index (χ2n) is 14.0. The molecule has 52 heavy (non-hydrogen) atoms. The van der Waals surface area contributed by atoms with Crippen LogP contribution in [0.1, 0.15) is 65.4 Å². The van der Waals surface area contributed by atoms with Gasteiger partial charge < -0.3 is 54.9 Å². The summed E-state index contributed by atoms with van der Waals surface area (Å²) in [5, 5.41) is 44.9. The third-order valence-electron chi connectivity index (χ3n) is 10.6. The van der Waals surface area contributed by atoms with E-state index in [1.54, 1.807) is 14.0 Å². The van der Waals surface area contributed by atoms with Crippen molar-refractivity contribution in [2.24, 2.45) is 17.8 Å². The second kappa shape index (κ2) is 20.9. The predicted molar refractivity (Wildman–Crippen MR) is 189 cm³/mol. The number of rotatable bonds is 20. The molecule has 0 aromatic heterocycles. The number of aliphatic hydroxyl groups excluding tert-OH is 3. The van der Waals surface area contributed by atoms with Crippen molar-refractivity contribution < 1.29 is 58.6 Å². The Morgan fingerprint density at radius 1 is 0.981 bits per heavy atom. The quantitative estimate of drug-likeness (QED) is 0.103. The molecule has 0 spiro atoms. The van der Waals surface area contributed by atoms with Crippen LogP contribution in [0.25, 0.3) is 0 Å². The van der Waals surface area contributed by atoms with Gasteiger partial charge in [-0.15, -0.1) is 0 Å². The molecule has 294 valence electrons. The number of carbonyl (C=O) groups excluding carboxylic acids is 3. The number of nitrogens with one attached hydrogen (secondary N) is 2. The summed E-state index contributed by atoms with van der Waals surface area (Å²) in [7, 11) is 3.16. The van der Waals surface area contributed by atoms with Crippen LogP contribution in [-0.2, 0) is 44.5 Å². The zero-order valence-corrected chi connectivity index (χ0v) is 31.2. The third kappa shape index (κ3) is 11.4. The van der Waals surface area contributed by atoms with E-state index in [1.165, 1.54) is 7.11 Å². The zero-order chi connectivity index (χ0) is 38.5. The highest BCUT2D eigenvalue weighted by Gasteiger charge is 2.47. The van der Waals surface area contributed by atoms with E-state index in [9.17, 15) is 39.6 Å². The van der Waals surface area contributed by atoms with E-state index in [4.69, 9.17) is 18.9 Å². The van der Waals surface area contributed by atoms with E-state index in [-0.39, 0.29) is 56.4 Å². The molecule has 2 aliphatic rings. The number of aliphatic carboxylic acids is 1. The number of amides is 3. The molecule has 0 aliphatic carbocycles. The molecule has 3 rings (SSSR count). The Morgan fingerprint density at radius 2 is 1.67 bits per heavy atom. The molecular weight excluding hydrogens is 678 g/mol. The maximum absolute atomic E-state index is 13.8. The fourth-order valence-corrected chi connectivity index (χ4v) is 6.96. The number of aliphatic hydroxyl groups is 3. The molecule has 2 saturated heterocycles. The lowest BCUT2D eigenvalue weighted by Gasteiger charge is -2.38. The first kappa shape index (κ1) is 43.2. The van der Waals surface area contributed by atoms with Gasteiger partial charge in [-0.2, -0.15) is 0 Å². The van der Waals surface area contributed by atoms with Crippen LogP contribution in [0.4, 0.5) is 0 Å². The molecule has 0 unspecified atom stereocenters. The first-order valence-corrected chi connectivity index (χ1v) is 18.3. The minimum Gasteiger partial charge on any atom is -0.479 e. The number of hydrogen-bond donors (Lipinski definition) is 6. The van der Waals surface area contributed by atoms with Gasteiger partial charge in [-0.3, -0.25) is 14.4 Å². The van der Waals surface area contributed by atoms with Gasteiger partial charge in [0, 0.05) is 33.7 Å². The smallest absolute Gasteiger partial charge is 0.335 e. The molecule has 12 atom stereocenters. The van der Waals surface area contributed by atoms with E-state index >= 15 is 0 Å². The van der Waals surface area contributed by atoms with Crippen molar-refractivity contribution in [3.63, 3.8) is 0 Å². The highest BCUT2D eigenvalue weighted by Crippen LogP contribution is 2.30. The summed E-state index contributed by atoms with van der Waals surface area (Å²) in [5.41, 5.74) is 0.825. The second-order valence-corrected chi connectivity index (χ2v) is 14.0. The maximum Gasteiger partial charge on any atom is 0.335 e. The molecule has 1 aromatic carbocycles. The summed E-state index contributed by atoms with van der Waals surface area (Å²) in [6, 6.07) is 7.96. The van der Waals surface area contributed by atoms with Crippen molar-refractivity contribution in [2.45, 2.75) is 121 Å². The fourth-order valence-electron chi connectivity index (χ4n) is 6.96. The molecule has 2 heterocycles. The lowest BCUT2D eigenvalue weighted by molar-refractivity contribution is -0.294. The first-order chi connectivity index (χ1) is 24.7. The molecule has 15 nitrogen and oxygen atoms in total. The largest absolute Gasteiger partial charge is 0.479 e. The van der Waals surface area contributed by atoms with Gasteiger partial charge in [0.25, 0.3) is 0 Å². The number of benzene rings is 1. The van der Waals surface area contributed by atoms with E-state index < -0.39 is 66.6 Å². The predicted octanol–water partition coefficient (Wildman–Crippen LogP) is 0.858. The molecule has 2 fully saturated rings. The Balaban J connectivity index is 1.62. The standard InChI is InChI=1S/C37H59N3O12/c1-7-21(2)22(3)27(49-5)20-28(41)40-17-11-15-26(40)32(50-6)23(4)34(45)39-25(19-24-13-9-8-10-14-24)35(46)38-16-12-18-51-37-31(44)29(42)30(43)33(52-37)36(47)48/h8-10,13-14,21-23,25-27,29-33,37,42-44H,7,11-12,15-20H2,1-6H3,(H,38,46)(H,39,45)(H,47,48)/t21-,22-,23+,25-,26-,27+,29-,30-,31+,32+,33-,37+/m0/s1. The molecule has 3 amide bonds. The molecular formula is C37H59N3O12. The van der Waals surface area contributed by atoms with Gasteiger partial charge in [0.05, 0.1) is 37.2 Å². The highest BCUT2D eigenvalue weighted by molar-refractivity contribution is 5.89. The van der Waals surface area contributed by atoms with Crippen LogP contribution >= 0.6 is 0 Å². The third-order valence-corrected chi connectivity index (χ3v) is 10.6. The van der Waals surface area contributed by atoms with Gasteiger partial charge in [-0.1, -0.05) is 64.4 Å². The molecule has 0 bridgehead atoms. The topological polar surface area (TPSA) is 213 Å². The summed E-state index contributed by atoms with van der Waals surface area (Å²) in [6.45, 7) is 8.68. The van der Waals surface area contributed by atoms with Gasteiger partial charge in [0.15, 0.2) is 12.4 Å². The van der Waals surface area contributed by atoms with Crippen LogP contribution in [0.5, 0.6) is 0 Å². The van der Waals surface area contributed by atoms with Gasteiger partial charge in [-0.25, -0.2) is 4.79 Å². The molecule has 6 N–H and O–H groups in total. The highest BCUT2D eigenvalue weighted by atomic mass is 16.7. The van der Waals surface area contributed by atoms with Crippen molar-refractivity contribution in [3.05, 3.63) is 35.9 Å². The van der Waals surface area contributed by atoms with Crippen molar-refractivity contribution >= 4 is 23.7 Å². The van der Waals surface area contributed by atoms with Crippen LogP contribution in [0.3, 0.4) is 0 Å². The summed E-state index contributed by atoms with van der Waals surface area (Å²) in [4.78, 5) is 54.0. The maximum atomic E-state index is 13.8. The van der Waals surface area contributed by atoms with Gasteiger partial charge in [-0.05, 0) is 36.7 Å². The van der Waals surface area contributed by atoms with Crippen molar-refractivity contribution in [3.8, 4) is 0 Å². The molecule has 2 aliphatic heterocycles. The summed E-state index contributed by atoms with van der Waals surface area (Å²) in [6.07, 6.45) is -6.34. The van der Waals surface area contributed by atoms with E-state index in [0.717, 1.165) is 18.4 Å². The summed E-state index contributed by atoms with van der Waals surface area (Å²) in [5.74, 6) is -2.53. The van der Waals surface area contributed by atoms with E-state index in [0.29, 0.717) is 18.9 Å². The van der Waals surface area contributed by atoms with Crippen LogP contribution < -0.4 is 10.6 Å². The molecule has 1 aromatic rings. The summed E-state index contributed by atoms with van der Waals surface area (Å²) >= 11 is 0. The number of carboxylic acid groups (broad SMARTS) is 1. The zero-order valence-electron chi connectivity index (χ0n) is 31.2. The Bertz CT molecular complexity index is 1290. The number of carbonyl (C=O) groups is 4. The Morgan fingerprint density at radius 3 is 2.29 bits per heavy atom. The SMILES string of the molecule is CC[C@H](C)[C@H](C)[C@@H](CC(=O)N1CCC[C@H]1[C@H](OC)[C@@H](C)C(=O)N[C@@H](Cc1ccccc1)C(=O)NCCCO[C@@H]1O[C@H](C(=O)O)[C@@H](O)[C@H](O)[C@H]1O)OC. The van der Waals surface area contributed by atoms with Crippen molar-refractivity contribution in [2.75, 3.05) is 33.9 Å². The Kier molecular flexibility index (Phi) is 17.4. The summed E-state index contributed by atoms with van der Waals surface area (Å²) < 4.78 is 22.2. The van der Waals surface area contributed by atoms with Crippen LogP contribution in [0.2, 0.25) is 0 Å². The average molecular weight is 738 g/mol. The lowest BCUT2D eigenvalue weighted by Crippen LogP contribution is -2.60. The van der Waals surface area contributed by atoms with Crippen LogP contribution in [-0.4, -0.2) is 138 Å². The molecule has 0 saturated carbocycles. The number of hydrogen-bond acceptors (Lipinski definition) is 11. The van der Waals surface area contributed by atoms with Gasteiger partial charge in [0.2, 0.25) is 17.7 Å². The monoisotopic (exact) mass is 737 g/mol. The van der Waals surface area contributed by atoms with Gasteiger partial charge >= 0.3 is 5.97 Å². The number of methoxy groups -OCH3 is 2. The van der Waals surface area contributed by atoms with E-state index in [1.807, 2.05) is 35.2 Å². The minimum atomic E-state index is -1.83. The molecule has 0 radical (unpaired) electrons. The first-order valence-electron chi connectivity index (χ1n) is 18.3. The lowest BCUT2D eigenvalue weighted by atomic mass is 9.87. The minimum absolute atomic E-state index is 0.0375. The molecule has 15 heteroatoms. The number of nitrogens with zero attached hydrogens (tertiary/aromatic N) is 1. The van der Waals surface area contributed by atoms with E-state index in [2.05, 4.69) is 31.4 Å². The fraction of sp³-hybridized carbons (Fsp3) is 0.730. The Labute approximate surface area is 306 Å².